The molecule has 4 heterocycles. The molecule has 5 aromatic rings. The third-order valence-electron chi connectivity index (χ3n) is 9.14. The van der Waals surface area contributed by atoms with Crippen LogP contribution in [0, 0.1) is 0 Å². The predicted octanol–water partition coefficient (Wildman–Crippen LogP) is 5.58. The molecular weight excluding hydrogens is 667 g/mol. The van der Waals surface area contributed by atoms with Gasteiger partial charge in [0.2, 0.25) is 5.79 Å². The fourth-order valence-electron chi connectivity index (χ4n) is 6.30. The monoisotopic (exact) mass is 704 g/mol. The Kier molecular flexibility index (Phi) is 9.64. The van der Waals surface area contributed by atoms with Crippen LogP contribution in [-0.2, 0) is 21.8 Å². The summed E-state index contributed by atoms with van der Waals surface area (Å²) in [6.07, 6.45) is 5.16. The molecule has 2 aliphatic rings. The van der Waals surface area contributed by atoms with E-state index in [1.807, 2.05) is 50.2 Å². The van der Waals surface area contributed by atoms with Crippen LogP contribution < -0.4 is 20.2 Å². The topological polar surface area (TPSA) is 105 Å². The van der Waals surface area contributed by atoms with Gasteiger partial charge in [-0.05, 0) is 61.9 Å². The molecule has 0 saturated carbocycles. The molecule has 2 fully saturated rings. The zero-order valence-electron chi connectivity index (χ0n) is 27.4. The van der Waals surface area contributed by atoms with Crippen molar-refractivity contribution in [2.75, 3.05) is 49.2 Å². The van der Waals surface area contributed by atoms with E-state index in [2.05, 4.69) is 43.2 Å². The Morgan fingerprint density at radius 3 is 2.45 bits per heavy atom. The number of para-hydroxylation sites is 2. The van der Waals surface area contributed by atoms with Crippen LogP contribution in [-0.4, -0.2) is 74.6 Å². The molecule has 256 valence electrons. The molecule has 7 rings (SSSR count). The lowest BCUT2D eigenvalue weighted by Crippen LogP contribution is -2.46. The van der Waals surface area contributed by atoms with Crippen molar-refractivity contribution in [1.29, 1.82) is 0 Å². The Morgan fingerprint density at radius 1 is 0.959 bits per heavy atom. The number of aromatic nitrogens is 6. The van der Waals surface area contributed by atoms with E-state index in [0.29, 0.717) is 22.2 Å². The van der Waals surface area contributed by atoms with Gasteiger partial charge in [0.15, 0.2) is 0 Å². The zero-order chi connectivity index (χ0) is 34.0. The predicted molar refractivity (Wildman–Crippen MR) is 188 cm³/mol. The van der Waals surface area contributed by atoms with Crippen molar-refractivity contribution >= 4 is 34.6 Å². The van der Waals surface area contributed by atoms with Crippen molar-refractivity contribution < 1.29 is 14.2 Å². The number of hydrogen-bond acceptors (Lipinski definition) is 9. The molecule has 2 aliphatic heterocycles. The summed E-state index contributed by atoms with van der Waals surface area (Å²) < 4.78 is 24.1. The van der Waals surface area contributed by atoms with Crippen LogP contribution in [0.4, 0.5) is 11.4 Å². The minimum Gasteiger partial charge on any atom is -0.489 e. The van der Waals surface area contributed by atoms with Gasteiger partial charge in [0.05, 0.1) is 29.0 Å². The number of rotatable bonds is 11. The third-order valence-corrected chi connectivity index (χ3v) is 9.69. The highest BCUT2D eigenvalue weighted by Gasteiger charge is 2.45. The molecule has 0 radical (unpaired) electrons. The average Bonchev–Trinajstić information content (AvgIpc) is 3.88. The summed E-state index contributed by atoms with van der Waals surface area (Å²) in [7, 11) is 0. The summed E-state index contributed by atoms with van der Waals surface area (Å²) in [5.41, 5.74) is 3.49. The van der Waals surface area contributed by atoms with Crippen molar-refractivity contribution in [3.8, 4) is 11.4 Å². The van der Waals surface area contributed by atoms with E-state index in [0.717, 1.165) is 55.4 Å². The van der Waals surface area contributed by atoms with Crippen molar-refractivity contribution in [3.05, 3.63) is 112 Å². The highest BCUT2D eigenvalue weighted by molar-refractivity contribution is 6.35. The van der Waals surface area contributed by atoms with Crippen molar-refractivity contribution in [2.45, 2.75) is 44.7 Å². The molecule has 0 N–H and O–H groups in total. The van der Waals surface area contributed by atoms with Gasteiger partial charge in [-0.2, -0.15) is 10.2 Å². The second kappa shape index (κ2) is 14.2. The lowest BCUT2D eigenvalue weighted by atomic mass is 10.1. The highest BCUT2D eigenvalue weighted by atomic mass is 35.5. The van der Waals surface area contributed by atoms with Crippen LogP contribution in [0.15, 0.2) is 90.5 Å². The second-order valence-electron chi connectivity index (χ2n) is 12.3. The molecule has 3 atom stereocenters. The van der Waals surface area contributed by atoms with Gasteiger partial charge in [-0.15, -0.1) is 0 Å². The van der Waals surface area contributed by atoms with Crippen LogP contribution in [0.1, 0.15) is 31.9 Å². The van der Waals surface area contributed by atoms with Gasteiger partial charge in [0, 0.05) is 42.5 Å². The first-order valence-electron chi connectivity index (χ1n) is 16.4. The Bertz CT molecular complexity index is 1920. The van der Waals surface area contributed by atoms with Crippen LogP contribution >= 0.6 is 23.2 Å². The van der Waals surface area contributed by atoms with Gasteiger partial charge in [0.1, 0.15) is 44.0 Å². The van der Waals surface area contributed by atoms with Gasteiger partial charge < -0.3 is 24.0 Å². The van der Waals surface area contributed by atoms with E-state index in [1.54, 1.807) is 34.0 Å². The number of ether oxygens (including phenoxy) is 3. The molecule has 2 saturated heterocycles. The summed E-state index contributed by atoms with van der Waals surface area (Å²) in [6, 6.07) is 21.5. The third kappa shape index (κ3) is 6.91. The number of hydrogen-bond donors (Lipinski definition) is 0. The van der Waals surface area contributed by atoms with Crippen LogP contribution in [0.25, 0.3) is 5.69 Å². The first kappa shape index (κ1) is 33.2. The Morgan fingerprint density at radius 2 is 1.71 bits per heavy atom. The van der Waals surface area contributed by atoms with Gasteiger partial charge in [-0.1, -0.05) is 48.3 Å². The number of anilines is 2. The maximum absolute atomic E-state index is 12.9. The minimum atomic E-state index is -1.18. The molecule has 3 aromatic carbocycles. The van der Waals surface area contributed by atoms with Crippen molar-refractivity contribution in [3.63, 3.8) is 0 Å². The molecule has 0 spiro atoms. The van der Waals surface area contributed by atoms with Crippen molar-refractivity contribution in [2.24, 2.45) is 0 Å². The molecule has 0 aliphatic carbocycles. The number of benzene rings is 3. The van der Waals surface area contributed by atoms with E-state index in [1.165, 1.54) is 11.0 Å². The SMILES string of the molecule is CCC(C)n1ncn(-c2ccc(N3CCN(c4ccccc4OC[C@H]4CO[C@](Cn5cncn5)(c5ccc(Cl)cc5Cl)O4)CC3)cc2)c1=O. The van der Waals surface area contributed by atoms with E-state index in [4.69, 9.17) is 37.4 Å². The van der Waals surface area contributed by atoms with E-state index in [-0.39, 0.29) is 31.0 Å². The van der Waals surface area contributed by atoms with Gasteiger partial charge in [-0.25, -0.2) is 23.7 Å². The average molecular weight is 706 g/mol. The lowest BCUT2D eigenvalue weighted by Gasteiger charge is -2.38. The largest absolute Gasteiger partial charge is 0.489 e. The highest BCUT2D eigenvalue weighted by Crippen LogP contribution is 2.41. The Labute approximate surface area is 294 Å². The molecule has 0 bridgehead atoms. The summed E-state index contributed by atoms with van der Waals surface area (Å²) in [4.78, 5) is 21.6. The van der Waals surface area contributed by atoms with E-state index in [9.17, 15) is 4.79 Å². The van der Waals surface area contributed by atoms with Gasteiger partial charge >= 0.3 is 5.69 Å². The second-order valence-corrected chi connectivity index (χ2v) is 13.1. The normalized spacial score (nSPS) is 20.1. The molecule has 49 heavy (non-hydrogen) atoms. The number of nitrogens with zero attached hydrogens (tertiary/aromatic N) is 8. The first-order chi connectivity index (χ1) is 23.8. The smallest absolute Gasteiger partial charge is 0.350 e. The van der Waals surface area contributed by atoms with Gasteiger partial charge in [0.25, 0.3) is 0 Å². The van der Waals surface area contributed by atoms with Crippen LogP contribution in [0.2, 0.25) is 10.0 Å². The maximum atomic E-state index is 12.9. The lowest BCUT2D eigenvalue weighted by molar-refractivity contribution is -0.190. The van der Waals surface area contributed by atoms with E-state index < -0.39 is 5.79 Å². The molecule has 1 unspecified atom stereocenters. The molecule has 14 heteroatoms. The number of halogens is 2. The summed E-state index contributed by atoms with van der Waals surface area (Å²) in [5, 5.41) is 9.53. The molecule has 2 aromatic heterocycles. The number of piperazine rings is 1. The summed E-state index contributed by atoms with van der Waals surface area (Å²) >= 11 is 12.8. The molecule has 12 nitrogen and oxygen atoms in total. The summed E-state index contributed by atoms with van der Waals surface area (Å²) in [5.74, 6) is -0.395. The zero-order valence-corrected chi connectivity index (χ0v) is 28.9. The molecule has 0 amide bonds. The quantitative estimate of drug-likeness (QED) is 0.174. The van der Waals surface area contributed by atoms with Crippen LogP contribution in [0.5, 0.6) is 5.75 Å². The first-order valence-corrected chi connectivity index (χ1v) is 17.2. The fraction of sp³-hybridized carbons (Fsp3) is 0.371. The maximum Gasteiger partial charge on any atom is 0.350 e. The minimum absolute atomic E-state index is 0.0557. The standard InChI is InChI=1S/C35H38Cl2N8O4/c1-3-25(2)45-34(46)44(24-40-45)28-11-9-27(10-12-28)41-14-16-42(17-15-41)32-6-4-5-7-33(32)47-19-29-20-48-35(49-29,21-43-23-38-22-39-43)30-13-8-26(36)18-31(30)37/h4-13,18,22-25,29H,3,14-17,19-21H2,1-2H3/t25?,29-,35-/m0/s1. The molecular formula is C35H38Cl2N8O4. The fourth-order valence-corrected chi connectivity index (χ4v) is 6.86. The van der Waals surface area contributed by atoms with Crippen LogP contribution in [0.3, 0.4) is 0 Å². The van der Waals surface area contributed by atoms with Gasteiger partial charge in [-0.3, -0.25) is 0 Å². The Balaban J connectivity index is 0.986. The van der Waals surface area contributed by atoms with E-state index >= 15 is 0 Å². The Hall–Kier alpha value is -4.36. The summed E-state index contributed by atoms with van der Waals surface area (Å²) in [6.45, 7) is 8.22. The van der Waals surface area contributed by atoms with Crippen molar-refractivity contribution in [1.82, 2.24) is 29.1 Å².